The van der Waals surface area contributed by atoms with E-state index in [1.54, 1.807) is 30.0 Å². The number of esters is 1. The highest BCUT2D eigenvalue weighted by molar-refractivity contribution is 7.09. The molecule has 42 heavy (non-hydrogen) atoms. The number of hydrogen-bond acceptors (Lipinski definition) is 6. The lowest BCUT2D eigenvalue weighted by Crippen LogP contribution is -2.40. The van der Waals surface area contributed by atoms with Crippen LogP contribution in [0.1, 0.15) is 76.9 Å². The molecule has 222 valence electrons. The van der Waals surface area contributed by atoms with Crippen LogP contribution in [0.2, 0.25) is 0 Å². The van der Waals surface area contributed by atoms with Gasteiger partial charge in [0, 0.05) is 55.5 Å². The number of carbonyl (C=O) groups is 3. The Balaban J connectivity index is 1.18. The number of hydrogen-bond donors (Lipinski definition) is 0. The minimum absolute atomic E-state index is 0.0669. The zero-order valence-electron chi connectivity index (χ0n) is 23.9. The van der Waals surface area contributed by atoms with E-state index < -0.39 is 5.92 Å². The fourth-order valence-corrected chi connectivity index (χ4v) is 6.64. The van der Waals surface area contributed by atoms with Gasteiger partial charge in [0.2, 0.25) is 0 Å². The molecule has 10 heteroatoms. The molecule has 2 fully saturated rings. The molecule has 2 aliphatic heterocycles. The summed E-state index contributed by atoms with van der Waals surface area (Å²) in [6.07, 6.45) is 2.66. The topological polar surface area (TPSA) is 79.8 Å². The summed E-state index contributed by atoms with van der Waals surface area (Å²) < 4.78 is 32.5. The Morgan fingerprint density at radius 2 is 1.55 bits per heavy atom. The summed E-state index contributed by atoms with van der Waals surface area (Å²) in [6.45, 7) is 5.15. The van der Waals surface area contributed by atoms with Crippen molar-refractivity contribution in [2.75, 3.05) is 32.8 Å². The summed E-state index contributed by atoms with van der Waals surface area (Å²) in [5.74, 6) is -3.31. The first kappa shape index (κ1) is 29.8. The van der Waals surface area contributed by atoms with Gasteiger partial charge in [-0.15, -0.1) is 11.3 Å². The quantitative estimate of drug-likeness (QED) is 0.297. The van der Waals surface area contributed by atoms with Crippen LogP contribution in [0.3, 0.4) is 0 Å². The molecule has 0 atom stereocenters. The van der Waals surface area contributed by atoms with Gasteiger partial charge in [-0.3, -0.25) is 14.4 Å². The molecule has 0 unspecified atom stereocenters. The molecule has 3 aromatic rings. The molecular weight excluding hydrogens is 560 g/mol. The van der Waals surface area contributed by atoms with Crippen molar-refractivity contribution in [3.05, 3.63) is 75.7 Å². The highest BCUT2D eigenvalue weighted by Crippen LogP contribution is 2.34. The van der Waals surface area contributed by atoms with Gasteiger partial charge in [0.1, 0.15) is 5.69 Å². The van der Waals surface area contributed by atoms with Crippen molar-refractivity contribution < 1.29 is 27.9 Å². The van der Waals surface area contributed by atoms with Crippen LogP contribution >= 0.6 is 11.3 Å². The minimum Gasteiger partial charge on any atom is -0.466 e. The maximum absolute atomic E-state index is 13.7. The number of piperidine rings is 2. The van der Waals surface area contributed by atoms with Crippen LogP contribution in [-0.2, 0) is 15.5 Å². The third-order valence-corrected chi connectivity index (χ3v) is 9.14. The number of nitrogens with zero attached hydrogens (tertiary/aromatic N) is 3. The van der Waals surface area contributed by atoms with Gasteiger partial charge in [-0.2, -0.15) is 0 Å². The molecule has 2 aliphatic rings. The number of amides is 2. The van der Waals surface area contributed by atoms with Crippen LogP contribution in [0.25, 0.3) is 11.1 Å². The third-order valence-electron chi connectivity index (χ3n) is 8.13. The largest absolute Gasteiger partial charge is 0.466 e. The van der Waals surface area contributed by atoms with Crippen molar-refractivity contribution in [1.29, 1.82) is 0 Å². The molecule has 0 saturated carbocycles. The summed E-state index contributed by atoms with van der Waals surface area (Å²) in [4.78, 5) is 46.9. The van der Waals surface area contributed by atoms with Crippen molar-refractivity contribution in [1.82, 2.24) is 14.8 Å². The molecule has 0 spiro atoms. The normalized spacial score (nSPS) is 16.9. The zero-order valence-corrected chi connectivity index (χ0v) is 24.7. The van der Waals surface area contributed by atoms with E-state index in [0.29, 0.717) is 68.0 Å². The molecule has 2 amide bonds. The molecule has 0 N–H and O–H groups in total. The molecule has 0 radical (unpaired) electrons. The maximum Gasteiger partial charge on any atom is 0.309 e. The van der Waals surface area contributed by atoms with Crippen LogP contribution in [0, 0.1) is 5.92 Å². The average molecular weight is 596 g/mol. The molecule has 5 rings (SSSR count). The zero-order chi connectivity index (χ0) is 29.9. The van der Waals surface area contributed by atoms with Gasteiger partial charge in [-0.1, -0.05) is 42.5 Å². The second kappa shape index (κ2) is 12.7. The lowest BCUT2D eigenvalue weighted by molar-refractivity contribution is -0.149. The molecule has 0 bridgehead atoms. The van der Waals surface area contributed by atoms with Gasteiger partial charge in [0.15, 0.2) is 0 Å². The fourth-order valence-electron chi connectivity index (χ4n) is 5.68. The van der Waals surface area contributed by atoms with Crippen LogP contribution in [0.5, 0.6) is 0 Å². The van der Waals surface area contributed by atoms with E-state index in [2.05, 4.69) is 4.98 Å². The van der Waals surface area contributed by atoms with Gasteiger partial charge in [0.05, 0.1) is 17.5 Å². The number of rotatable bonds is 7. The van der Waals surface area contributed by atoms with E-state index in [0.717, 1.165) is 24.8 Å². The second-order valence-electron chi connectivity index (χ2n) is 11.0. The Hall–Kier alpha value is -3.66. The van der Waals surface area contributed by atoms with Crippen molar-refractivity contribution in [2.45, 2.75) is 51.4 Å². The molecule has 2 saturated heterocycles. The standard InChI is InChI=1S/C32H35F2N3O4S/c1-3-41-31(40)23-14-18-37(19-15-23)30(39)27-20-42-28(35-27)22-12-16-36(17-13-22)29(38)26-7-5-4-6-25(26)21-8-10-24(11-9-21)32(2,33)34/h4-11,20,22-23H,3,12-19H2,1-2H3. The highest BCUT2D eigenvalue weighted by atomic mass is 32.1. The fraction of sp³-hybridized carbons (Fsp3) is 0.438. The number of carbonyl (C=O) groups excluding carboxylic acids is 3. The average Bonchev–Trinajstić information content (AvgIpc) is 3.51. The number of aromatic nitrogens is 1. The van der Waals surface area contributed by atoms with Crippen LogP contribution in [0.15, 0.2) is 53.9 Å². The van der Waals surface area contributed by atoms with Crippen LogP contribution in [-0.4, -0.2) is 65.4 Å². The van der Waals surface area contributed by atoms with Gasteiger partial charge >= 0.3 is 5.97 Å². The first-order chi connectivity index (χ1) is 20.2. The van der Waals surface area contributed by atoms with Gasteiger partial charge in [0.25, 0.3) is 17.7 Å². The number of ether oxygens (including phenoxy) is 1. The summed E-state index contributed by atoms with van der Waals surface area (Å²) in [5, 5.41) is 2.71. The van der Waals surface area contributed by atoms with Crippen molar-refractivity contribution in [2.24, 2.45) is 5.92 Å². The van der Waals surface area contributed by atoms with Gasteiger partial charge < -0.3 is 14.5 Å². The van der Waals surface area contributed by atoms with Crippen LogP contribution < -0.4 is 0 Å². The number of halogens is 2. The number of benzene rings is 2. The molecule has 3 heterocycles. The maximum atomic E-state index is 13.7. The summed E-state index contributed by atoms with van der Waals surface area (Å²) >= 11 is 1.48. The Morgan fingerprint density at radius 1 is 0.929 bits per heavy atom. The Bertz CT molecular complexity index is 1420. The lowest BCUT2D eigenvalue weighted by atomic mass is 9.94. The Morgan fingerprint density at radius 3 is 2.19 bits per heavy atom. The highest BCUT2D eigenvalue weighted by Gasteiger charge is 2.32. The summed E-state index contributed by atoms with van der Waals surface area (Å²) in [6, 6.07) is 13.3. The third kappa shape index (κ3) is 6.53. The van der Waals surface area contributed by atoms with E-state index in [9.17, 15) is 23.2 Å². The van der Waals surface area contributed by atoms with Crippen molar-refractivity contribution in [3.63, 3.8) is 0 Å². The molecule has 7 nitrogen and oxygen atoms in total. The predicted octanol–water partition coefficient (Wildman–Crippen LogP) is 6.36. The summed E-state index contributed by atoms with van der Waals surface area (Å²) in [5.41, 5.74) is 2.34. The predicted molar refractivity (Wildman–Crippen MR) is 157 cm³/mol. The Kier molecular flexibility index (Phi) is 9.01. The van der Waals surface area contributed by atoms with E-state index in [4.69, 9.17) is 4.74 Å². The van der Waals surface area contributed by atoms with E-state index >= 15 is 0 Å². The van der Waals surface area contributed by atoms with Crippen molar-refractivity contribution in [3.8, 4) is 11.1 Å². The minimum atomic E-state index is -2.92. The lowest BCUT2D eigenvalue weighted by Gasteiger charge is -2.32. The number of alkyl halides is 2. The van der Waals surface area contributed by atoms with Crippen molar-refractivity contribution >= 4 is 29.1 Å². The molecule has 1 aromatic heterocycles. The first-order valence-corrected chi connectivity index (χ1v) is 15.3. The number of likely N-dealkylation sites (tertiary alicyclic amines) is 2. The smallest absolute Gasteiger partial charge is 0.309 e. The monoisotopic (exact) mass is 595 g/mol. The Labute approximate surface area is 248 Å². The summed E-state index contributed by atoms with van der Waals surface area (Å²) in [7, 11) is 0. The van der Waals surface area contributed by atoms with E-state index in [1.165, 1.54) is 23.5 Å². The van der Waals surface area contributed by atoms with E-state index in [-0.39, 0.29) is 35.2 Å². The van der Waals surface area contributed by atoms with Gasteiger partial charge in [-0.05, 0) is 49.8 Å². The van der Waals surface area contributed by atoms with E-state index in [1.807, 2.05) is 28.5 Å². The molecular formula is C32H35F2N3O4S. The molecule has 2 aromatic carbocycles. The SMILES string of the molecule is CCOC(=O)C1CCN(C(=O)c2csc(C3CCN(C(=O)c4ccccc4-c4ccc(C(C)(F)F)cc4)CC3)n2)CC1. The number of thiazole rings is 1. The van der Waals surface area contributed by atoms with Gasteiger partial charge in [-0.25, -0.2) is 13.8 Å². The molecule has 0 aliphatic carbocycles. The second-order valence-corrected chi connectivity index (χ2v) is 11.9. The first-order valence-electron chi connectivity index (χ1n) is 14.4. The van der Waals surface area contributed by atoms with Crippen LogP contribution in [0.4, 0.5) is 8.78 Å².